The quantitative estimate of drug-likeness (QED) is 0.824. The van der Waals surface area contributed by atoms with Gasteiger partial charge in [-0.2, -0.15) is 0 Å². The van der Waals surface area contributed by atoms with Crippen LogP contribution >= 0.6 is 12.4 Å². The number of nitrogens with zero attached hydrogens (tertiary/aromatic N) is 2. The van der Waals surface area contributed by atoms with Crippen LogP contribution in [-0.2, 0) is 0 Å². The van der Waals surface area contributed by atoms with Crippen molar-refractivity contribution in [3.05, 3.63) is 24.3 Å². The maximum absolute atomic E-state index is 11.9. The van der Waals surface area contributed by atoms with Crippen molar-refractivity contribution in [1.82, 2.24) is 4.90 Å². The Labute approximate surface area is 117 Å². The third kappa shape index (κ3) is 3.73. The Hall–Kier alpha value is -1.99. The number of guanidine groups is 1. The van der Waals surface area contributed by atoms with Crippen LogP contribution in [0.1, 0.15) is 0 Å². The van der Waals surface area contributed by atoms with E-state index in [-0.39, 0.29) is 29.9 Å². The number of amides is 2. The highest BCUT2D eigenvalue weighted by molar-refractivity contribution is 6.03. The average Bonchev–Trinajstić information content (AvgIpc) is 2.76. The number of benzene rings is 1. The zero-order valence-corrected chi connectivity index (χ0v) is 11.2. The molecule has 0 aliphatic carbocycles. The molecule has 0 saturated heterocycles. The second-order valence-corrected chi connectivity index (χ2v) is 3.52. The van der Waals surface area contributed by atoms with Gasteiger partial charge in [0.25, 0.3) is 0 Å². The van der Waals surface area contributed by atoms with Crippen molar-refractivity contribution in [2.24, 2.45) is 10.7 Å². The summed E-state index contributed by atoms with van der Waals surface area (Å²) in [6.07, 6.45) is 0. The van der Waals surface area contributed by atoms with Gasteiger partial charge in [-0.1, -0.05) is 12.1 Å². The number of para-hydroxylation sites is 2. The number of halogens is 1. The molecule has 0 aromatic heterocycles. The van der Waals surface area contributed by atoms with E-state index in [2.05, 4.69) is 10.3 Å². The van der Waals surface area contributed by atoms with E-state index in [1.807, 2.05) is 12.1 Å². The minimum Gasteiger partial charge on any atom is -0.495 e. The van der Waals surface area contributed by atoms with Gasteiger partial charge in [-0.3, -0.25) is 9.89 Å². The van der Waals surface area contributed by atoms with Crippen molar-refractivity contribution in [1.29, 1.82) is 0 Å². The highest BCUT2D eigenvalue weighted by Gasteiger charge is 2.21. The van der Waals surface area contributed by atoms with E-state index in [0.29, 0.717) is 24.5 Å². The fraction of sp³-hybridized carbons (Fsp3) is 0.273. The molecule has 0 atom stereocenters. The molecule has 0 bridgehead atoms. The first kappa shape index (κ1) is 17.0. The first-order chi connectivity index (χ1) is 8.22. The molecule has 2 amide bonds. The fourth-order valence-electron chi connectivity index (χ4n) is 1.60. The number of nitrogens with two attached hydrogens (primary N) is 1. The minimum atomic E-state index is -0.298. The number of anilines is 1. The topological polar surface area (TPSA) is 111 Å². The van der Waals surface area contributed by atoms with Gasteiger partial charge in [0.15, 0.2) is 5.96 Å². The molecule has 1 aromatic rings. The Morgan fingerprint density at radius 3 is 2.74 bits per heavy atom. The summed E-state index contributed by atoms with van der Waals surface area (Å²) in [6, 6.07) is 6.89. The summed E-state index contributed by atoms with van der Waals surface area (Å²) in [6.45, 7) is 1.05. The number of hydrogen-bond donors (Lipinski definition) is 2. The van der Waals surface area contributed by atoms with E-state index >= 15 is 0 Å². The van der Waals surface area contributed by atoms with E-state index in [1.165, 1.54) is 4.90 Å². The molecule has 0 radical (unpaired) electrons. The summed E-state index contributed by atoms with van der Waals surface area (Å²) in [7, 11) is 1.55. The van der Waals surface area contributed by atoms with Crippen molar-refractivity contribution in [3.8, 4) is 5.75 Å². The molecule has 1 aliphatic heterocycles. The third-order valence-electron chi connectivity index (χ3n) is 2.47. The molecule has 0 fully saturated rings. The molecule has 0 unspecified atom stereocenters. The lowest BCUT2D eigenvalue weighted by Gasteiger charge is -2.17. The predicted octanol–water partition coefficient (Wildman–Crippen LogP) is 0.454. The number of hydrogen-bond acceptors (Lipinski definition) is 4. The lowest BCUT2D eigenvalue weighted by Crippen LogP contribution is -2.41. The maximum Gasteiger partial charge on any atom is 0.328 e. The molecule has 106 valence electrons. The highest BCUT2D eigenvalue weighted by atomic mass is 35.5. The monoisotopic (exact) mass is 288 g/mol. The highest BCUT2D eigenvalue weighted by Crippen LogP contribution is 2.23. The largest absolute Gasteiger partial charge is 0.495 e. The average molecular weight is 289 g/mol. The van der Waals surface area contributed by atoms with E-state index < -0.39 is 0 Å². The van der Waals surface area contributed by atoms with Gasteiger partial charge in [0, 0.05) is 0 Å². The number of rotatable bonds is 2. The normalized spacial score (nSPS) is 12.9. The van der Waals surface area contributed by atoms with Crippen LogP contribution in [0.4, 0.5) is 10.5 Å². The van der Waals surface area contributed by atoms with Crippen LogP contribution in [0.5, 0.6) is 5.75 Å². The number of methoxy groups -OCH3 is 1. The van der Waals surface area contributed by atoms with Gasteiger partial charge < -0.3 is 21.3 Å². The van der Waals surface area contributed by atoms with Crippen LogP contribution in [0.3, 0.4) is 0 Å². The molecule has 0 spiro atoms. The summed E-state index contributed by atoms with van der Waals surface area (Å²) in [4.78, 5) is 17.2. The maximum atomic E-state index is 11.9. The summed E-state index contributed by atoms with van der Waals surface area (Å²) < 4.78 is 5.14. The van der Waals surface area contributed by atoms with Gasteiger partial charge in [0.1, 0.15) is 5.75 Å². The SMILES string of the molecule is COc1ccccc1NC(=O)N1CCN=C1N.Cl.O. The molecule has 1 aliphatic rings. The zero-order valence-electron chi connectivity index (χ0n) is 10.4. The number of ether oxygens (including phenoxy) is 1. The second kappa shape index (κ2) is 7.45. The molecule has 5 N–H and O–H groups in total. The van der Waals surface area contributed by atoms with Crippen LogP contribution in [0.2, 0.25) is 0 Å². The van der Waals surface area contributed by atoms with Crippen molar-refractivity contribution < 1.29 is 15.0 Å². The van der Waals surface area contributed by atoms with Gasteiger partial charge >= 0.3 is 6.03 Å². The molecular weight excluding hydrogens is 272 g/mol. The molecule has 2 rings (SSSR count). The zero-order chi connectivity index (χ0) is 12.3. The van der Waals surface area contributed by atoms with Crippen LogP contribution in [0, 0.1) is 0 Å². The number of urea groups is 1. The van der Waals surface area contributed by atoms with E-state index in [4.69, 9.17) is 10.5 Å². The van der Waals surface area contributed by atoms with Crippen molar-refractivity contribution in [3.63, 3.8) is 0 Å². The Bertz CT molecular complexity index is 467. The lowest BCUT2D eigenvalue weighted by molar-refractivity contribution is 0.236. The van der Waals surface area contributed by atoms with Gasteiger partial charge in [-0.25, -0.2) is 4.79 Å². The summed E-state index contributed by atoms with van der Waals surface area (Å²) in [5, 5.41) is 2.73. The fourth-order valence-corrected chi connectivity index (χ4v) is 1.60. The number of carbonyl (C=O) groups is 1. The van der Waals surface area contributed by atoms with Crippen LogP contribution in [0.25, 0.3) is 0 Å². The molecule has 1 heterocycles. The predicted molar refractivity (Wildman–Crippen MR) is 76.1 cm³/mol. The van der Waals surface area contributed by atoms with Crippen LogP contribution in [-0.4, -0.2) is 42.6 Å². The van der Waals surface area contributed by atoms with E-state index in [0.717, 1.165) is 0 Å². The van der Waals surface area contributed by atoms with E-state index in [1.54, 1.807) is 19.2 Å². The smallest absolute Gasteiger partial charge is 0.328 e. The molecule has 1 aromatic carbocycles. The van der Waals surface area contributed by atoms with Gasteiger partial charge in [0.2, 0.25) is 0 Å². The molecule has 19 heavy (non-hydrogen) atoms. The Morgan fingerprint density at radius 2 is 2.16 bits per heavy atom. The van der Waals surface area contributed by atoms with Crippen molar-refractivity contribution in [2.45, 2.75) is 0 Å². The van der Waals surface area contributed by atoms with Gasteiger partial charge in [-0.05, 0) is 12.1 Å². The third-order valence-corrected chi connectivity index (χ3v) is 2.47. The summed E-state index contributed by atoms with van der Waals surface area (Å²) in [5.74, 6) is 0.855. The van der Waals surface area contributed by atoms with Gasteiger partial charge in [-0.15, -0.1) is 12.4 Å². The van der Waals surface area contributed by atoms with E-state index in [9.17, 15) is 4.79 Å². The lowest BCUT2D eigenvalue weighted by atomic mass is 10.3. The number of nitrogens with one attached hydrogen (secondary N) is 1. The minimum absolute atomic E-state index is 0. The van der Waals surface area contributed by atoms with Gasteiger partial charge in [0.05, 0.1) is 25.9 Å². The summed E-state index contributed by atoms with van der Waals surface area (Å²) in [5.41, 5.74) is 6.20. The molecule has 0 saturated carbocycles. The standard InChI is InChI=1S/C11H14N4O2.ClH.H2O/c1-17-9-5-3-2-4-8(9)14-11(16)15-7-6-13-10(15)12;;/h2-5H,6-7H2,1H3,(H2,12,13)(H,14,16);1H;1H2. The Balaban J connectivity index is 0.00000162. The molecule has 8 heteroatoms. The number of carbonyl (C=O) groups excluding carboxylic acids is 1. The van der Waals surface area contributed by atoms with Crippen LogP contribution < -0.4 is 15.8 Å². The summed E-state index contributed by atoms with van der Waals surface area (Å²) >= 11 is 0. The van der Waals surface area contributed by atoms with Crippen molar-refractivity contribution >= 4 is 30.1 Å². The second-order valence-electron chi connectivity index (χ2n) is 3.52. The molecule has 7 nitrogen and oxygen atoms in total. The Kier molecular flexibility index (Phi) is 6.67. The first-order valence-electron chi connectivity index (χ1n) is 5.24. The Morgan fingerprint density at radius 1 is 1.47 bits per heavy atom. The number of aliphatic imine (C=N–C) groups is 1. The van der Waals surface area contributed by atoms with Crippen LogP contribution in [0.15, 0.2) is 29.3 Å². The molecular formula is C11H17ClN4O3. The first-order valence-corrected chi connectivity index (χ1v) is 5.24. The van der Waals surface area contributed by atoms with Crippen molar-refractivity contribution in [2.75, 3.05) is 25.5 Å².